The Balaban J connectivity index is 3.03. The predicted molar refractivity (Wildman–Crippen MR) is 38.7 cm³/mol. The fourth-order valence-electron chi connectivity index (χ4n) is 0.738. The summed E-state index contributed by atoms with van der Waals surface area (Å²) in [4.78, 5) is 13.6. The highest BCUT2D eigenvalue weighted by atomic mass is 16.5. The molecule has 0 fully saturated rings. The van der Waals surface area contributed by atoms with Gasteiger partial charge in [-0.1, -0.05) is 0 Å². The topological polar surface area (TPSA) is 66.5 Å². The minimum atomic E-state index is -0.431. The molecule has 0 radical (unpaired) electrons. The zero-order chi connectivity index (χ0) is 8.27. The number of methoxy groups -OCH3 is 1. The number of nitrogens with one attached hydrogen (secondary N) is 1. The van der Waals surface area contributed by atoms with Crippen molar-refractivity contribution in [3.8, 4) is 0 Å². The van der Waals surface area contributed by atoms with E-state index in [0.29, 0.717) is 11.4 Å². The number of aromatic amines is 1. The second kappa shape index (κ2) is 3.01. The van der Waals surface area contributed by atoms with Gasteiger partial charge in [-0.05, 0) is 12.1 Å². The largest absolute Gasteiger partial charge is 0.465 e. The molecule has 0 atom stereocenters. The van der Waals surface area contributed by atoms with Gasteiger partial charge in [0.05, 0.1) is 13.3 Å². The fourth-order valence-corrected chi connectivity index (χ4v) is 0.738. The number of anilines is 1. The Kier molecular flexibility index (Phi) is 2.06. The van der Waals surface area contributed by atoms with E-state index < -0.39 is 5.97 Å². The summed E-state index contributed by atoms with van der Waals surface area (Å²) in [5.74, 6) is -0.112. The van der Waals surface area contributed by atoms with Gasteiger partial charge in [-0.2, -0.15) is 0 Å². The number of esters is 1. The Morgan fingerprint density at radius 3 is 3.00 bits per heavy atom. The monoisotopic (exact) mass is 153 g/mol. The van der Waals surface area contributed by atoms with Gasteiger partial charge in [0.1, 0.15) is 5.56 Å². The molecule has 0 unspecified atom stereocenters. The van der Waals surface area contributed by atoms with Crippen LogP contribution in [0.2, 0.25) is 0 Å². The van der Waals surface area contributed by atoms with Gasteiger partial charge in [0.25, 0.3) is 5.82 Å². The molecule has 1 aromatic heterocycles. The molecule has 0 saturated heterocycles. The summed E-state index contributed by atoms with van der Waals surface area (Å²) in [7, 11) is 1.31. The van der Waals surface area contributed by atoms with Crippen LogP contribution in [0.5, 0.6) is 0 Å². The zero-order valence-electron chi connectivity index (χ0n) is 6.13. The van der Waals surface area contributed by atoms with Crippen LogP contribution >= 0.6 is 0 Å². The van der Waals surface area contributed by atoms with Crippen LogP contribution in [0, 0.1) is 0 Å². The van der Waals surface area contributed by atoms with Gasteiger partial charge in [0.15, 0.2) is 0 Å². The molecule has 58 valence electrons. The molecular formula is C7H9N2O2+. The summed E-state index contributed by atoms with van der Waals surface area (Å²) >= 11 is 0. The quantitative estimate of drug-likeness (QED) is 0.571. The molecule has 0 aliphatic rings. The van der Waals surface area contributed by atoms with E-state index in [1.54, 1.807) is 18.3 Å². The van der Waals surface area contributed by atoms with Gasteiger partial charge in [0, 0.05) is 0 Å². The van der Waals surface area contributed by atoms with E-state index in [4.69, 9.17) is 5.73 Å². The first-order valence-corrected chi connectivity index (χ1v) is 3.10. The van der Waals surface area contributed by atoms with Gasteiger partial charge >= 0.3 is 5.97 Å². The molecule has 0 aromatic carbocycles. The average Bonchev–Trinajstić information content (AvgIpc) is 2.04. The van der Waals surface area contributed by atoms with Crippen molar-refractivity contribution in [1.29, 1.82) is 0 Å². The minimum Gasteiger partial charge on any atom is -0.465 e. The number of nitrogens with two attached hydrogens (primary N) is 1. The number of H-pyrrole nitrogens is 1. The second-order valence-electron chi connectivity index (χ2n) is 1.99. The lowest BCUT2D eigenvalue weighted by Crippen LogP contribution is -2.15. The molecule has 4 heteroatoms. The summed E-state index contributed by atoms with van der Waals surface area (Å²) in [5.41, 5.74) is 5.80. The molecule has 3 N–H and O–H groups in total. The smallest absolute Gasteiger partial charge is 0.346 e. The number of ether oxygens (including phenoxy) is 1. The van der Waals surface area contributed by atoms with E-state index in [9.17, 15) is 4.79 Å². The summed E-state index contributed by atoms with van der Waals surface area (Å²) in [6, 6.07) is 3.28. The number of nitrogen functional groups attached to an aromatic ring is 1. The molecule has 0 bridgehead atoms. The summed E-state index contributed by atoms with van der Waals surface area (Å²) in [6.07, 6.45) is 1.64. The van der Waals surface area contributed by atoms with Crippen LogP contribution in [0.15, 0.2) is 18.3 Å². The fraction of sp³-hybridized carbons (Fsp3) is 0.143. The van der Waals surface area contributed by atoms with Crippen molar-refractivity contribution < 1.29 is 14.5 Å². The number of rotatable bonds is 1. The van der Waals surface area contributed by atoms with Gasteiger partial charge in [-0.15, -0.1) is 0 Å². The Hall–Kier alpha value is -1.58. The Bertz CT molecular complexity index is 273. The molecule has 4 nitrogen and oxygen atoms in total. The third-order valence-corrected chi connectivity index (χ3v) is 1.29. The van der Waals surface area contributed by atoms with Gasteiger partial charge in [-0.25, -0.2) is 9.78 Å². The van der Waals surface area contributed by atoms with Gasteiger partial charge < -0.3 is 4.74 Å². The lowest BCUT2D eigenvalue weighted by Gasteiger charge is -1.96. The maximum atomic E-state index is 10.9. The summed E-state index contributed by atoms with van der Waals surface area (Å²) < 4.78 is 4.48. The highest BCUT2D eigenvalue weighted by molar-refractivity contribution is 5.93. The Morgan fingerprint density at radius 1 is 1.73 bits per heavy atom. The van der Waals surface area contributed by atoms with Crippen LogP contribution in [0.1, 0.15) is 10.4 Å². The average molecular weight is 153 g/mol. The van der Waals surface area contributed by atoms with Crippen molar-refractivity contribution in [3.05, 3.63) is 23.9 Å². The molecular weight excluding hydrogens is 144 g/mol. The zero-order valence-corrected chi connectivity index (χ0v) is 6.13. The Labute approximate surface area is 64.0 Å². The number of pyridine rings is 1. The molecule has 0 saturated carbocycles. The Morgan fingerprint density at radius 2 is 2.45 bits per heavy atom. The molecule has 1 aromatic rings. The molecule has 11 heavy (non-hydrogen) atoms. The maximum Gasteiger partial charge on any atom is 0.346 e. The van der Waals surface area contributed by atoms with Crippen molar-refractivity contribution in [1.82, 2.24) is 0 Å². The van der Waals surface area contributed by atoms with Crippen molar-refractivity contribution in [2.75, 3.05) is 12.8 Å². The van der Waals surface area contributed by atoms with Crippen LogP contribution < -0.4 is 10.7 Å². The van der Waals surface area contributed by atoms with E-state index in [1.165, 1.54) is 7.11 Å². The first kappa shape index (κ1) is 7.53. The lowest BCUT2D eigenvalue weighted by atomic mass is 10.2. The third kappa shape index (κ3) is 1.46. The molecule has 0 aliphatic heterocycles. The highest BCUT2D eigenvalue weighted by Crippen LogP contribution is 2.03. The lowest BCUT2D eigenvalue weighted by molar-refractivity contribution is -0.360. The van der Waals surface area contributed by atoms with E-state index in [1.807, 2.05) is 0 Å². The van der Waals surface area contributed by atoms with Crippen molar-refractivity contribution in [2.45, 2.75) is 0 Å². The number of carbonyl (C=O) groups is 1. The summed E-state index contributed by atoms with van der Waals surface area (Å²) in [6.45, 7) is 0. The first-order valence-electron chi connectivity index (χ1n) is 3.10. The van der Waals surface area contributed by atoms with Crippen LogP contribution in [0.4, 0.5) is 5.82 Å². The third-order valence-electron chi connectivity index (χ3n) is 1.29. The minimum absolute atomic E-state index is 0.319. The van der Waals surface area contributed by atoms with E-state index in [0.717, 1.165) is 0 Å². The number of hydrogen-bond acceptors (Lipinski definition) is 3. The number of carbonyl (C=O) groups excluding carboxylic acids is 1. The number of hydrogen-bond donors (Lipinski definition) is 1. The van der Waals surface area contributed by atoms with Crippen LogP contribution in [-0.4, -0.2) is 13.1 Å². The molecule has 0 spiro atoms. The molecule has 0 aliphatic carbocycles. The van der Waals surface area contributed by atoms with Gasteiger partial charge in [-0.3, -0.25) is 5.73 Å². The first-order chi connectivity index (χ1) is 5.25. The SMILES string of the molecule is COC(=O)c1ccc[nH+]c1N. The summed E-state index contributed by atoms with van der Waals surface area (Å²) in [5, 5.41) is 0. The van der Waals surface area contributed by atoms with E-state index in [-0.39, 0.29) is 0 Å². The predicted octanol–water partition coefficient (Wildman–Crippen LogP) is -0.130. The van der Waals surface area contributed by atoms with Crippen LogP contribution in [0.3, 0.4) is 0 Å². The van der Waals surface area contributed by atoms with Gasteiger partial charge in [0.2, 0.25) is 0 Å². The van der Waals surface area contributed by atoms with Crippen molar-refractivity contribution in [3.63, 3.8) is 0 Å². The van der Waals surface area contributed by atoms with E-state index in [2.05, 4.69) is 9.72 Å². The van der Waals surface area contributed by atoms with Crippen molar-refractivity contribution >= 4 is 11.8 Å². The van der Waals surface area contributed by atoms with Crippen LogP contribution in [0.25, 0.3) is 0 Å². The molecule has 1 rings (SSSR count). The van der Waals surface area contributed by atoms with E-state index >= 15 is 0 Å². The number of aromatic nitrogens is 1. The standard InChI is InChI=1S/C7H8N2O2/c1-11-7(10)5-3-2-4-9-6(5)8/h2-4H,1H3,(H2,8,9)/p+1. The second-order valence-corrected chi connectivity index (χ2v) is 1.99. The highest BCUT2D eigenvalue weighted by Gasteiger charge is 2.12. The normalized spacial score (nSPS) is 9.18. The van der Waals surface area contributed by atoms with Crippen molar-refractivity contribution in [2.24, 2.45) is 0 Å². The molecule has 1 heterocycles. The molecule has 0 amide bonds. The van der Waals surface area contributed by atoms with Crippen LogP contribution in [-0.2, 0) is 4.74 Å². The maximum absolute atomic E-state index is 10.9.